The van der Waals surface area contributed by atoms with Gasteiger partial charge in [0.05, 0.1) is 0 Å². The van der Waals surface area contributed by atoms with Crippen molar-refractivity contribution in [2.75, 3.05) is 0 Å². The van der Waals surface area contributed by atoms with E-state index in [4.69, 9.17) is 5.73 Å². The average molecular weight is 398 g/mol. The Kier molecular flexibility index (Phi) is 7.91. The standard InChI is InChI=1S/C17H24BrN3O3/c1-10(2)8-15(20-11(3)22)17(24)21-14(16(19)23)9-12-6-4-5-7-13(12)18/h4-7,10,14-15H,8-9H2,1-3H3,(H2,19,23)(H,20,22)(H,21,24)/t14-,15+/m1/s1. The zero-order chi connectivity index (χ0) is 18.3. The fraction of sp³-hybridized carbons (Fsp3) is 0.471. The summed E-state index contributed by atoms with van der Waals surface area (Å²) in [6.45, 7) is 5.26. The third-order valence-electron chi connectivity index (χ3n) is 3.44. The lowest BCUT2D eigenvalue weighted by molar-refractivity contribution is -0.131. The highest BCUT2D eigenvalue weighted by Crippen LogP contribution is 2.17. The van der Waals surface area contributed by atoms with Crippen LogP contribution in [0.15, 0.2) is 28.7 Å². The highest BCUT2D eigenvalue weighted by atomic mass is 79.9. The second-order valence-electron chi connectivity index (χ2n) is 6.14. The molecule has 0 saturated heterocycles. The summed E-state index contributed by atoms with van der Waals surface area (Å²) >= 11 is 3.41. The van der Waals surface area contributed by atoms with Gasteiger partial charge in [-0.2, -0.15) is 0 Å². The number of nitrogens with one attached hydrogen (secondary N) is 2. The van der Waals surface area contributed by atoms with Gasteiger partial charge in [0.1, 0.15) is 12.1 Å². The lowest BCUT2D eigenvalue weighted by atomic mass is 10.0. The largest absolute Gasteiger partial charge is 0.368 e. The second kappa shape index (κ2) is 9.42. The molecule has 0 aliphatic carbocycles. The van der Waals surface area contributed by atoms with Gasteiger partial charge in [-0.1, -0.05) is 48.0 Å². The Morgan fingerprint density at radius 3 is 2.25 bits per heavy atom. The molecule has 3 amide bonds. The van der Waals surface area contributed by atoms with E-state index >= 15 is 0 Å². The van der Waals surface area contributed by atoms with Crippen LogP contribution in [0.2, 0.25) is 0 Å². The lowest BCUT2D eigenvalue weighted by Crippen LogP contribution is -2.53. The third-order valence-corrected chi connectivity index (χ3v) is 4.22. The molecule has 6 nitrogen and oxygen atoms in total. The quantitative estimate of drug-likeness (QED) is 0.619. The zero-order valence-electron chi connectivity index (χ0n) is 14.1. The maximum absolute atomic E-state index is 12.5. The Labute approximate surface area is 150 Å². The first-order valence-electron chi connectivity index (χ1n) is 7.81. The number of carbonyl (C=O) groups is 3. The van der Waals surface area contributed by atoms with E-state index in [1.807, 2.05) is 38.1 Å². The summed E-state index contributed by atoms with van der Waals surface area (Å²) in [6, 6.07) is 5.88. The van der Waals surface area contributed by atoms with Crippen molar-refractivity contribution in [1.82, 2.24) is 10.6 Å². The van der Waals surface area contributed by atoms with Crippen molar-refractivity contribution >= 4 is 33.7 Å². The average Bonchev–Trinajstić information content (AvgIpc) is 2.46. The van der Waals surface area contributed by atoms with E-state index in [1.54, 1.807) is 0 Å². The van der Waals surface area contributed by atoms with Crippen LogP contribution in [-0.4, -0.2) is 29.8 Å². The van der Waals surface area contributed by atoms with Gasteiger partial charge >= 0.3 is 0 Å². The zero-order valence-corrected chi connectivity index (χ0v) is 15.7. The third kappa shape index (κ3) is 6.70. The molecule has 0 unspecified atom stereocenters. The van der Waals surface area contributed by atoms with Gasteiger partial charge in [0.2, 0.25) is 17.7 Å². The molecule has 132 valence electrons. The highest BCUT2D eigenvalue weighted by molar-refractivity contribution is 9.10. The van der Waals surface area contributed by atoms with E-state index < -0.39 is 23.9 Å². The van der Waals surface area contributed by atoms with Crippen LogP contribution >= 0.6 is 15.9 Å². The second-order valence-corrected chi connectivity index (χ2v) is 7.00. The molecule has 1 aromatic rings. The van der Waals surface area contributed by atoms with E-state index in [1.165, 1.54) is 6.92 Å². The highest BCUT2D eigenvalue weighted by Gasteiger charge is 2.26. The molecule has 0 saturated carbocycles. The maximum atomic E-state index is 12.5. The van der Waals surface area contributed by atoms with Gasteiger partial charge in [-0.15, -0.1) is 0 Å². The van der Waals surface area contributed by atoms with Crippen molar-refractivity contribution in [2.24, 2.45) is 11.7 Å². The number of primary amides is 1. The van der Waals surface area contributed by atoms with Gasteiger partial charge in [0.15, 0.2) is 0 Å². The summed E-state index contributed by atoms with van der Waals surface area (Å²) in [5.41, 5.74) is 6.29. The van der Waals surface area contributed by atoms with Gasteiger partial charge in [-0.25, -0.2) is 0 Å². The minimum Gasteiger partial charge on any atom is -0.368 e. The smallest absolute Gasteiger partial charge is 0.243 e. The molecule has 0 radical (unpaired) electrons. The fourth-order valence-corrected chi connectivity index (χ4v) is 2.77. The molecule has 2 atom stereocenters. The number of nitrogens with two attached hydrogens (primary N) is 1. The van der Waals surface area contributed by atoms with Crippen molar-refractivity contribution in [2.45, 2.75) is 45.7 Å². The molecule has 4 N–H and O–H groups in total. The van der Waals surface area contributed by atoms with Crippen molar-refractivity contribution in [3.8, 4) is 0 Å². The predicted octanol–water partition coefficient (Wildman–Crippen LogP) is 1.51. The first-order chi connectivity index (χ1) is 11.2. The summed E-state index contributed by atoms with van der Waals surface area (Å²) in [6.07, 6.45) is 0.753. The number of halogens is 1. The SMILES string of the molecule is CC(=O)N[C@@H](CC(C)C)C(=O)N[C@H](Cc1ccccc1Br)C(N)=O. The minimum atomic E-state index is -0.848. The summed E-state index contributed by atoms with van der Waals surface area (Å²) in [7, 11) is 0. The normalized spacial score (nSPS) is 13.2. The van der Waals surface area contributed by atoms with Gasteiger partial charge in [-0.3, -0.25) is 14.4 Å². The number of benzene rings is 1. The molecule has 0 spiro atoms. The summed E-state index contributed by atoms with van der Waals surface area (Å²) in [4.78, 5) is 35.5. The monoisotopic (exact) mass is 397 g/mol. The van der Waals surface area contributed by atoms with Crippen LogP contribution < -0.4 is 16.4 Å². The van der Waals surface area contributed by atoms with Crippen molar-refractivity contribution in [3.05, 3.63) is 34.3 Å². The van der Waals surface area contributed by atoms with E-state index in [-0.39, 0.29) is 18.2 Å². The molecule has 24 heavy (non-hydrogen) atoms. The van der Waals surface area contributed by atoms with E-state index in [0.717, 1.165) is 10.0 Å². The molecular formula is C17H24BrN3O3. The molecule has 0 heterocycles. The van der Waals surface area contributed by atoms with Gasteiger partial charge in [0.25, 0.3) is 0 Å². The number of hydrogen-bond acceptors (Lipinski definition) is 3. The van der Waals surface area contributed by atoms with Crippen LogP contribution in [0.1, 0.15) is 32.8 Å². The van der Waals surface area contributed by atoms with Gasteiger partial charge in [-0.05, 0) is 24.0 Å². The van der Waals surface area contributed by atoms with Gasteiger partial charge < -0.3 is 16.4 Å². The molecule has 0 aromatic heterocycles. The molecule has 0 fully saturated rings. The van der Waals surface area contributed by atoms with Crippen molar-refractivity contribution < 1.29 is 14.4 Å². The molecular weight excluding hydrogens is 374 g/mol. The molecule has 0 aliphatic heterocycles. The molecule has 0 bridgehead atoms. The fourth-order valence-electron chi connectivity index (χ4n) is 2.33. The number of hydrogen-bond donors (Lipinski definition) is 3. The van der Waals surface area contributed by atoms with Crippen LogP contribution in [-0.2, 0) is 20.8 Å². The van der Waals surface area contributed by atoms with E-state index in [0.29, 0.717) is 6.42 Å². The molecule has 7 heteroatoms. The molecule has 0 aliphatic rings. The molecule has 1 rings (SSSR count). The lowest BCUT2D eigenvalue weighted by Gasteiger charge is -2.23. The minimum absolute atomic E-state index is 0.211. The Morgan fingerprint density at radius 1 is 1.12 bits per heavy atom. The number of rotatable bonds is 8. The van der Waals surface area contributed by atoms with Crippen LogP contribution in [0.3, 0.4) is 0 Å². The Balaban J connectivity index is 2.85. The number of amides is 3. The van der Waals surface area contributed by atoms with Crippen LogP contribution in [0, 0.1) is 5.92 Å². The van der Waals surface area contributed by atoms with Crippen LogP contribution in [0.25, 0.3) is 0 Å². The predicted molar refractivity (Wildman–Crippen MR) is 96.0 cm³/mol. The maximum Gasteiger partial charge on any atom is 0.243 e. The Hall–Kier alpha value is -1.89. The Bertz CT molecular complexity index is 604. The van der Waals surface area contributed by atoms with E-state index in [9.17, 15) is 14.4 Å². The van der Waals surface area contributed by atoms with Crippen molar-refractivity contribution in [1.29, 1.82) is 0 Å². The summed E-state index contributed by atoms with van der Waals surface area (Å²) < 4.78 is 0.839. The topological polar surface area (TPSA) is 101 Å². The Morgan fingerprint density at radius 2 is 1.75 bits per heavy atom. The van der Waals surface area contributed by atoms with Crippen LogP contribution in [0.5, 0.6) is 0 Å². The first kappa shape index (κ1) is 20.2. The van der Waals surface area contributed by atoms with E-state index in [2.05, 4.69) is 26.6 Å². The summed E-state index contributed by atoms with van der Waals surface area (Å²) in [5, 5.41) is 5.27. The molecule has 1 aromatic carbocycles. The summed E-state index contributed by atoms with van der Waals surface area (Å²) in [5.74, 6) is -1.11. The van der Waals surface area contributed by atoms with Gasteiger partial charge in [0, 0.05) is 17.8 Å². The first-order valence-corrected chi connectivity index (χ1v) is 8.60. The number of carbonyl (C=O) groups excluding carboxylic acids is 3. The van der Waals surface area contributed by atoms with Crippen LogP contribution in [0.4, 0.5) is 0 Å². The van der Waals surface area contributed by atoms with Crippen molar-refractivity contribution in [3.63, 3.8) is 0 Å².